The molecule has 25 heavy (non-hydrogen) atoms. The third-order valence-corrected chi connectivity index (χ3v) is 6.04. The monoisotopic (exact) mass is 386 g/mol. The molecule has 0 bridgehead atoms. The van der Waals surface area contributed by atoms with E-state index in [1.807, 2.05) is 24.8 Å². The Morgan fingerprint density at radius 2 is 2.04 bits per heavy atom. The maximum absolute atomic E-state index is 12.5. The number of anilines is 1. The van der Waals surface area contributed by atoms with Gasteiger partial charge < -0.3 is 4.90 Å². The van der Waals surface area contributed by atoms with Gasteiger partial charge in [0, 0.05) is 26.1 Å². The number of halogens is 1. The van der Waals surface area contributed by atoms with Crippen molar-refractivity contribution in [3.05, 3.63) is 28.3 Å². The van der Waals surface area contributed by atoms with Crippen molar-refractivity contribution in [3.8, 4) is 0 Å². The lowest BCUT2D eigenvalue weighted by atomic mass is 10.00. The van der Waals surface area contributed by atoms with Crippen molar-refractivity contribution in [2.45, 2.75) is 40.0 Å². The summed E-state index contributed by atoms with van der Waals surface area (Å²) >= 11 is 6.32. The van der Waals surface area contributed by atoms with Gasteiger partial charge in [-0.2, -0.15) is 0 Å². The number of hydrogen-bond acceptors (Lipinski definition) is 3. The molecule has 1 aliphatic heterocycles. The Morgan fingerprint density at radius 3 is 2.60 bits per heavy atom. The van der Waals surface area contributed by atoms with Crippen LogP contribution >= 0.6 is 11.6 Å². The summed E-state index contributed by atoms with van der Waals surface area (Å²) in [6.45, 7) is 7.49. The van der Waals surface area contributed by atoms with E-state index in [0.29, 0.717) is 16.6 Å². The summed E-state index contributed by atoms with van der Waals surface area (Å²) < 4.78 is 25.9. The number of benzene rings is 1. The molecule has 0 saturated carbocycles. The van der Waals surface area contributed by atoms with Crippen LogP contribution in [0.4, 0.5) is 5.69 Å². The Hall–Kier alpha value is -1.27. The first-order valence-corrected chi connectivity index (χ1v) is 10.8. The molecule has 5 nitrogen and oxygen atoms in total. The van der Waals surface area contributed by atoms with E-state index in [0.717, 1.165) is 43.3 Å². The van der Waals surface area contributed by atoms with E-state index in [-0.39, 0.29) is 18.9 Å². The fraction of sp³-hybridized carbons (Fsp3) is 0.611. The Morgan fingerprint density at radius 1 is 1.36 bits per heavy atom. The minimum Gasteiger partial charge on any atom is -0.342 e. The first kappa shape index (κ1) is 20.0. The molecule has 1 amide bonds. The molecule has 1 heterocycles. The second-order valence-electron chi connectivity index (χ2n) is 7.08. The third-order valence-electron chi connectivity index (χ3n) is 4.59. The highest BCUT2D eigenvalue weighted by Gasteiger charge is 2.26. The molecule has 0 spiro atoms. The molecule has 0 N–H and O–H groups in total. The molecule has 1 saturated heterocycles. The van der Waals surface area contributed by atoms with Gasteiger partial charge in [0.05, 0.1) is 17.0 Å². The highest BCUT2D eigenvalue weighted by Crippen LogP contribution is 2.32. The average Bonchev–Trinajstić information content (AvgIpc) is 2.48. The van der Waals surface area contributed by atoms with Gasteiger partial charge in [-0.15, -0.1) is 0 Å². The molecule has 1 atom stereocenters. The van der Waals surface area contributed by atoms with Crippen LogP contribution in [0.2, 0.25) is 5.02 Å². The minimum atomic E-state index is -3.53. The summed E-state index contributed by atoms with van der Waals surface area (Å²) in [6, 6.07) is 3.64. The van der Waals surface area contributed by atoms with Crippen LogP contribution in [0.1, 0.15) is 37.3 Å². The second kappa shape index (κ2) is 7.96. The van der Waals surface area contributed by atoms with Crippen molar-refractivity contribution in [1.29, 1.82) is 0 Å². The molecule has 0 radical (unpaired) electrons. The van der Waals surface area contributed by atoms with Gasteiger partial charge in [0.2, 0.25) is 15.9 Å². The fourth-order valence-electron chi connectivity index (χ4n) is 3.44. The van der Waals surface area contributed by atoms with Crippen molar-refractivity contribution in [1.82, 2.24) is 4.90 Å². The molecule has 2 rings (SSSR count). The quantitative estimate of drug-likeness (QED) is 0.779. The van der Waals surface area contributed by atoms with Crippen LogP contribution in [0, 0.1) is 19.8 Å². The van der Waals surface area contributed by atoms with Gasteiger partial charge in [-0.25, -0.2) is 8.42 Å². The van der Waals surface area contributed by atoms with Crippen molar-refractivity contribution < 1.29 is 13.2 Å². The standard InChI is InChI=1S/C18H27ClN2O3S/c1-13-6-5-8-20(12-13)17(22)7-9-21(25(4,23)24)18-15(3)10-14(2)11-16(18)19/h10-11,13H,5-9,12H2,1-4H3. The van der Waals surface area contributed by atoms with Gasteiger partial charge in [-0.05, 0) is 49.8 Å². The largest absolute Gasteiger partial charge is 0.342 e. The Kier molecular flexibility index (Phi) is 6.38. The number of nitrogens with zero attached hydrogens (tertiary/aromatic N) is 2. The van der Waals surface area contributed by atoms with Crippen LogP contribution in [0.3, 0.4) is 0 Å². The van der Waals surface area contributed by atoms with Crippen molar-refractivity contribution in [2.75, 3.05) is 30.2 Å². The zero-order valence-corrected chi connectivity index (χ0v) is 17.0. The number of hydrogen-bond donors (Lipinski definition) is 0. The molecular formula is C18H27ClN2O3S. The molecule has 140 valence electrons. The number of sulfonamides is 1. The molecule has 1 aromatic rings. The van der Waals surface area contributed by atoms with E-state index in [1.165, 1.54) is 4.31 Å². The Labute approximate surface area is 156 Å². The van der Waals surface area contributed by atoms with Crippen LogP contribution in [0.25, 0.3) is 0 Å². The van der Waals surface area contributed by atoms with E-state index in [9.17, 15) is 13.2 Å². The van der Waals surface area contributed by atoms with E-state index in [2.05, 4.69) is 6.92 Å². The van der Waals surface area contributed by atoms with E-state index >= 15 is 0 Å². The Balaban J connectivity index is 2.19. The summed E-state index contributed by atoms with van der Waals surface area (Å²) in [7, 11) is -3.53. The number of carbonyl (C=O) groups excluding carboxylic acids is 1. The molecule has 0 aromatic heterocycles. The molecule has 7 heteroatoms. The lowest BCUT2D eigenvalue weighted by molar-refractivity contribution is -0.132. The predicted molar refractivity (Wildman–Crippen MR) is 103 cm³/mol. The van der Waals surface area contributed by atoms with Crippen LogP contribution in [-0.4, -0.2) is 45.1 Å². The predicted octanol–water partition coefficient (Wildman–Crippen LogP) is 3.37. The maximum Gasteiger partial charge on any atom is 0.232 e. The third kappa shape index (κ3) is 5.11. The van der Waals surface area contributed by atoms with Gasteiger partial charge in [0.1, 0.15) is 0 Å². The summed E-state index contributed by atoms with van der Waals surface area (Å²) in [6.07, 6.45) is 3.45. The SMILES string of the molecule is Cc1cc(C)c(N(CCC(=O)N2CCCC(C)C2)S(C)(=O)=O)c(Cl)c1. The summed E-state index contributed by atoms with van der Waals surface area (Å²) in [5.74, 6) is 0.499. The molecule has 1 aromatic carbocycles. The average molecular weight is 387 g/mol. The second-order valence-corrected chi connectivity index (χ2v) is 9.40. The van der Waals surface area contributed by atoms with E-state index in [1.54, 1.807) is 6.07 Å². The van der Waals surface area contributed by atoms with E-state index < -0.39 is 10.0 Å². The molecule has 0 aliphatic carbocycles. The van der Waals surface area contributed by atoms with Crippen LogP contribution in [-0.2, 0) is 14.8 Å². The summed E-state index contributed by atoms with van der Waals surface area (Å²) in [4.78, 5) is 14.3. The highest BCUT2D eigenvalue weighted by molar-refractivity contribution is 7.92. The lowest BCUT2D eigenvalue weighted by Crippen LogP contribution is -2.41. The van der Waals surface area contributed by atoms with Gasteiger partial charge in [-0.1, -0.05) is 24.6 Å². The number of likely N-dealkylation sites (tertiary alicyclic amines) is 1. The number of amides is 1. The Bertz CT molecular complexity index is 726. The first-order valence-electron chi connectivity index (χ1n) is 8.62. The molecule has 1 unspecified atom stereocenters. The van der Waals surface area contributed by atoms with Gasteiger partial charge in [0.25, 0.3) is 0 Å². The van der Waals surface area contributed by atoms with E-state index in [4.69, 9.17) is 11.6 Å². The highest BCUT2D eigenvalue weighted by atomic mass is 35.5. The zero-order chi connectivity index (χ0) is 18.8. The van der Waals surface area contributed by atoms with Gasteiger partial charge in [-0.3, -0.25) is 9.10 Å². The number of aryl methyl sites for hydroxylation is 2. The lowest BCUT2D eigenvalue weighted by Gasteiger charge is -2.32. The maximum atomic E-state index is 12.5. The fourth-order valence-corrected chi connectivity index (χ4v) is 4.91. The summed E-state index contributed by atoms with van der Waals surface area (Å²) in [5, 5.41) is 0.391. The molecule has 1 fully saturated rings. The molecular weight excluding hydrogens is 360 g/mol. The minimum absolute atomic E-state index is 0.00101. The van der Waals surface area contributed by atoms with Crippen molar-refractivity contribution in [3.63, 3.8) is 0 Å². The smallest absolute Gasteiger partial charge is 0.232 e. The topological polar surface area (TPSA) is 57.7 Å². The van der Waals surface area contributed by atoms with Crippen molar-refractivity contribution in [2.24, 2.45) is 5.92 Å². The van der Waals surface area contributed by atoms with Crippen LogP contribution in [0.15, 0.2) is 12.1 Å². The number of piperidine rings is 1. The van der Waals surface area contributed by atoms with Crippen LogP contribution in [0.5, 0.6) is 0 Å². The molecule has 1 aliphatic rings. The normalized spacial score (nSPS) is 18.3. The van der Waals surface area contributed by atoms with Gasteiger partial charge >= 0.3 is 0 Å². The number of carbonyl (C=O) groups is 1. The number of rotatable bonds is 5. The van der Waals surface area contributed by atoms with Crippen molar-refractivity contribution >= 4 is 33.2 Å². The summed E-state index contributed by atoms with van der Waals surface area (Å²) in [5.41, 5.74) is 2.22. The van der Waals surface area contributed by atoms with Crippen LogP contribution < -0.4 is 4.31 Å². The van der Waals surface area contributed by atoms with Gasteiger partial charge in [0.15, 0.2) is 0 Å². The zero-order valence-electron chi connectivity index (χ0n) is 15.4. The first-order chi connectivity index (χ1) is 11.6.